The SMILES string of the molecule is C#CC(C)C1CCCN1Cc1ccccc1. The molecule has 0 bridgehead atoms. The monoisotopic (exact) mass is 213 g/mol. The maximum Gasteiger partial charge on any atom is 0.0327 e. The van der Waals surface area contributed by atoms with Crippen LogP contribution < -0.4 is 0 Å². The van der Waals surface area contributed by atoms with Gasteiger partial charge in [-0.05, 0) is 31.9 Å². The summed E-state index contributed by atoms with van der Waals surface area (Å²) in [5.74, 6) is 3.25. The van der Waals surface area contributed by atoms with Gasteiger partial charge >= 0.3 is 0 Å². The minimum atomic E-state index is 0.367. The number of terminal acetylenes is 1. The molecule has 1 aliphatic heterocycles. The van der Waals surface area contributed by atoms with Gasteiger partial charge in [0.2, 0.25) is 0 Å². The van der Waals surface area contributed by atoms with Gasteiger partial charge in [-0.25, -0.2) is 0 Å². The highest BCUT2D eigenvalue weighted by Gasteiger charge is 2.27. The van der Waals surface area contributed by atoms with Gasteiger partial charge in [0.25, 0.3) is 0 Å². The summed E-state index contributed by atoms with van der Waals surface area (Å²) < 4.78 is 0. The van der Waals surface area contributed by atoms with Gasteiger partial charge in [0.05, 0.1) is 0 Å². The van der Waals surface area contributed by atoms with Gasteiger partial charge in [0.1, 0.15) is 0 Å². The Morgan fingerprint density at radius 3 is 2.88 bits per heavy atom. The predicted molar refractivity (Wildman–Crippen MR) is 67.9 cm³/mol. The Bertz CT molecular complexity index is 363. The molecule has 84 valence electrons. The Morgan fingerprint density at radius 2 is 2.19 bits per heavy atom. The maximum atomic E-state index is 5.53. The molecule has 0 N–H and O–H groups in total. The molecule has 1 aliphatic rings. The first kappa shape index (κ1) is 11.2. The van der Waals surface area contributed by atoms with Crippen LogP contribution in [0.15, 0.2) is 30.3 Å². The molecule has 0 radical (unpaired) electrons. The molecule has 0 aliphatic carbocycles. The van der Waals surface area contributed by atoms with Crippen LogP contribution in [0.1, 0.15) is 25.3 Å². The zero-order valence-corrected chi connectivity index (χ0v) is 9.89. The summed E-state index contributed by atoms with van der Waals surface area (Å²) in [6.07, 6.45) is 8.06. The van der Waals surface area contributed by atoms with E-state index in [0.29, 0.717) is 12.0 Å². The second kappa shape index (κ2) is 5.18. The molecule has 1 aromatic carbocycles. The lowest BCUT2D eigenvalue weighted by molar-refractivity contribution is 0.214. The smallest absolute Gasteiger partial charge is 0.0327 e. The third-order valence-electron chi connectivity index (χ3n) is 3.48. The predicted octanol–water partition coefficient (Wildman–Crippen LogP) is 2.92. The molecule has 1 aromatic rings. The lowest BCUT2D eigenvalue weighted by atomic mass is 10.0. The van der Waals surface area contributed by atoms with Crippen LogP contribution in [0, 0.1) is 18.3 Å². The summed E-state index contributed by atoms with van der Waals surface area (Å²) in [6.45, 7) is 4.39. The molecule has 2 unspecified atom stereocenters. The molecular formula is C15H19N. The number of hydrogen-bond donors (Lipinski definition) is 0. The molecule has 1 saturated heterocycles. The van der Waals surface area contributed by atoms with Crippen LogP contribution in [0.5, 0.6) is 0 Å². The summed E-state index contributed by atoms with van der Waals surface area (Å²) >= 11 is 0. The van der Waals surface area contributed by atoms with Crippen molar-refractivity contribution >= 4 is 0 Å². The number of nitrogens with zero attached hydrogens (tertiary/aromatic N) is 1. The quantitative estimate of drug-likeness (QED) is 0.698. The summed E-state index contributed by atoms with van der Waals surface area (Å²) in [5.41, 5.74) is 1.39. The van der Waals surface area contributed by atoms with Gasteiger partial charge in [-0.1, -0.05) is 30.3 Å². The minimum absolute atomic E-state index is 0.367. The zero-order valence-electron chi connectivity index (χ0n) is 9.89. The fourth-order valence-corrected chi connectivity index (χ4v) is 2.54. The molecule has 0 aromatic heterocycles. The third kappa shape index (κ3) is 2.46. The van der Waals surface area contributed by atoms with Gasteiger partial charge in [0, 0.05) is 18.5 Å². The Labute approximate surface area is 98.5 Å². The van der Waals surface area contributed by atoms with Gasteiger partial charge in [0.15, 0.2) is 0 Å². The van der Waals surface area contributed by atoms with E-state index in [-0.39, 0.29) is 0 Å². The first-order chi connectivity index (χ1) is 7.81. The molecule has 1 fully saturated rings. The third-order valence-corrected chi connectivity index (χ3v) is 3.48. The Kier molecular flexibility index (Phi) is 3.64. The van der Waals surface area contributed by atoms with Crippen LogP contribution in [0.3, 0.4) is 0 Å². The van der Waals surface area contributed by atoms with Gasteiger partial charge in [-0.3, -0.25) is 4.90 Å². The Balaban J connectivity index is 2.02. The van der Waals surface area contributed by atoms with Crippen LogP contribution in [0.4, 0.5) is 0 Å². The minimum Gasteiger partial charge on any atom is -0.295 e. The maximum absolute atomic E-state index is 5.53. The van der Waals surface area contributed by atoms with Crippen LogP contribution in [-0.4, -0.2) is 17.5 Å². The first-order valence-electron chi connectivity index (χ1n) is 6.05. The van der Waals surface area contributed by atoms with E-state index in [9.17, 15) is 0 Å². The molecule has 1 heterocycles. The second-order valence-electron chi connectivity index (χ2n) is 4.62. The van der Waals surface area contributed by atoms with Crippen molar-refractivity contribution < 1.29 is 0 Å². The fraction of sp³-hybridized carbons (Fsp3) is 0.467. The topological polar surface area (TPSA) is 3.24 Å². The molecular weight excluding hydrogens is 194 g/mol. The van der Waals surface area contributed by atoms with Crippen molar-refractivity contribution in [1.29, 1.82) is 0 Å². The van der Waals surface area contributed by atoms with Crippen molar-refractivity contribution in [2.24, 2.45) is 5.92 Å². The van der Waals surface area contributed by atoms with E-state index in [4.69, 9.17) is 6.42 Å². The molecule has 16 heavy (non-hydrogen) atoms. The highest BCUT2D eigenvalue weighted by Crippen LogP contribution is 2.25. The first-order valence-corrected chi connectivity index (χ1v) is 6.05. The van der Waals surface area contributed by atoms with Crippen molar-refractivity contribution in [3.05, 3.63) is 35.9 Å². The van der Waals surface area contributed by atoms with E-state index in [1.165, 1.54) is 24.9 Å². The van der Waals surface area contributed by atoms with E-state index in [1.807, 2.05) is 0 Å². The highest BCUT2D eigenvalue weighted by molar-refractivity contribution is 5.15. The lowest BCUT2D eigenvalue weighted by Crippen LogP contribution is -2.33. The molecule has 0 saturated carbocycles. The molecule has 1 nitrogen and oxygen atoms in total. The van der Waals surface area contributed by atoms with E-state index < -0.39 is 0 Å². The van der Waals surface area contributed by atoms with E-state index in [0.717, 1.165) is 6.54 Å². The molecule has 2 atom stereocenters. The van der Waals surface area contributed by atoms with Crippen molar-refractivity contribution in [1.82, 2.24) is 4.90 Å². The number of benzene rings is 1. The van der Waals surface area contributed by atoms with Crippen LogP contribution >= 0.6 is 0 Å². The Hall–Kier alpha value is -1.26. The standard InChI is InChI=1S/C15H19N/c1-3-13(2)15-10-7-11-16(15)12-14-8-5-4-6-9-14/h1,4-6,8-9,13,15H,7,10-12H2,2H3. The number of rotatable bonds is 3. The molecule has 2 rings (SSSR count). The van der Waals surface area contributed by atoms with E-state index in [2.05, 4.69) is 48.1 Å². The molecule has 0 amide bonds. The van der Waals surface area contributed by atoms with Crippen molar-refractivity contribution in [2.75, 3.05) is 6.54 Å². The van der Waals surface area contributed by atoms with Crippen LogP contribution in [-0.2, 0) is 6.54 Å². The second-order valence-corrected chi connectivity index (χ2v) is 4.62. The summed E-state index contributed by atoms with van der Waals surface area (Å²) in [5, 5.41) is 0. The molecule has 0 spiro atoms. The van der Waals surface area contributed by atoms with Crippen molar-refractivity contribution in [3.63, 3.8) is 0 Å². The summed E-state index contributed by atoms with van der Waals surface area (Å²) in [4.78, 5) is 2.53. The van der Waals surface area contributed by atoms with Gasteiger partial charge < -0.3 is 0 Å². The normalized spacial score (nSPS) is 22.9. The molecule has 1 heteroatoms. The highest BCUT2D eigenvalue weighted by atomic mass is 15.2. The van der Waals surface area contributed by atoms with Crippen molar-refractivity contribution in [2.45, 2.75) is 32.4 Å². The average Bonchev–Trinajstić information content (AvgIpc) is 2.77. The summed E-state index contributed by atoms with van der Waals surface area (Å²) in [6, 6.07) is 11.2. The number of hydrogen-bond acceptors (Lipinski definition) is 1. The lowest BCUT2D eigenvalue weighted by Gasteiger charge is -2.26. The largest absolute Gasteiger partial charge is 0.295 e. The van der Waals surface area contributed by atoms with Crippen LogP contribution in [0.25, 0.3) is 0 Å². The van der Waals surface area contributed by atoms with E-state index in [1.54, 1.807) is 0 Å². The fourth-order valence-electron chi connectivity index (χ4n) is 2.54. The van der Waals surface area contributed by atoms with E-state index >= 15 is 0 Å². The van der Waals surface area contributed by atoms with Gasteiger partial charge in [-0.2, -0.15) is 0 Å². The van der Waals surface area contributed by atoms with Crippen molar-refractivity contribution in [3.8, 4) is 12.3 Å². The van der Waals surface area contributed by atoms with Crippen LogP contribution in [0.2, 0.25) is 0 Å². The Morgan fingerprint density at radius 1 is 1.44 bits per heavy atom. The zero-order chi connectivity index (χ0) is 11.4. The van der Waals surface area contributed by atoms with Gasteiger partial charge in [-0.15, -0.1) is 12.3 Å². The summed E-state index contributed by atoms with van der Waals surface area (Å²) in [7, 11) is 0. The number of likely N-dealkylation sites (tertiary alicyclic amines) is 1. The average molecular weight is 213 g/mol.